The Balaban J connectivity index is 1.88. The van der Waals surface area contributed by atoms with Crippen LogP contribution in [0.2, 0.25) is 0 Å². The highest BCUT2D eigenvalue weighted by atomic mass is 16.6. The fourth-order valence-electron chi connectivity index (χ4n) is 8.72. The van der Waals surface area contributed by atoms with E-state index in [4.69, 9.17) is 23.7 Å². The molecule has 1 saturated heterocycles. The van der Waals surface area contributed by atoms with E-state index in [-0.39, 0.29) is 30.6 Å². The molecule has 1 heterocycles. The minimum Gasteiger partial charge on any atom is -0.461 e. The van der Waals surface area contributed by atoms with Crippen LogP contribution in [0.4, 0.5) is 0 Å². The van der Waals surface area contributed by atoms with E-state index in [1.165, 1.54) is 6.92 Å². The molecule has 10 atom stereocenters. The van der Waals surface area contributed by atoms with Gasteiger partial charge in [0, 0.05) is 30.6 Å². The number of carbonyl (C=O) groups is 4. The number of rotatable bonds is 5. The van der Waals surface area contributed by atoms with Gasteiger partial charge in [-0.15, -0.1) is 0 Å². The Kier molecular flexibility index (Phi) is 9.66. The summed E-state index contributed by atoms with van der Waals surface area (Å²) in [5.41, 5.74) is -8.21. The van der Waals surface area contributed by atoms with E-state index in [1.807, 2.05) is 0 Å². The molecule has 2 saturated carbocycles. The Bertz CT molecular complexity index is 1600. The molecule has 1 aromatic rings. The first-order chi connectivity index (χ1) is 23.3. The molecule has 0 radical (unpaired) electrons. The van der Waals surface area contributed by atoms with E-state index in [2.05, 4.69) is 0 Å². The van der Waals surface area contributed by atoms with Crippen molar-refractivity contribution < 1.29 is 58.2 Å². The summed E-state index contributed by atoms with van der Waals surface area (Å²) >= 11 is 0. The summed E-state index contributed by atoms with van der Waals surface area (Å²) in [6.07, 6.45) is -8.62. The zero-order valence-corrected chi connectivity index (χ0v) is 31.6. The van der Waals surface area contributed by atoms with Gasteiger partial charge in [-0.2, -0.15) is 0 Å². The van der Waals surface area contributed by atoms with E-state index in [0.717, 1.165) is 0 Å². The lowest BCUT2D eigenvalue weighted by atomic mass is 9.44. The molecular weight excluding hydrogens is 660 g/mol. The molecule has 1 aliphatic heterocycles. The molecule has 0 amide bonds. The minimum absolute atomic E-state index is 0.0407. The maximum atomic E-state index is 14.1. The van der Waals surface area contributed by atoms with Crippen molar-refractivity contribution in [2.45, 2.75) is 137 Å². The van der Waals surface area contributed by atoms with Gasteiger partial charge in [-0.3, -0.25) is 14.4 Å². The molecule has 0 aromatic heterocycles. The third kappa shape index (κ3) is 6.09. The van der Waals surface area contributed by atoms with Crippen LogP contribution in [0.3, 0.4) is 0 Å². The van der Waals surface area contributed by atoms with E-state index in [9.17, 15) is 34.5 Å². The van der Waals surface area contributed by atoms with Gasteiger partial charge in [0.05, 0.1) is 35.0 Å². The van der Waals surface area contributed by atoms with Crippen LogP contribution in [0.1, 0.15) is 99.4 Å². The summed E-state index contributed by atoms with van der Waals surface area (Å²) in [4.78, 5) is 54.5. The topological polar surface area (TPSA) is 175 Å². The summed E-state index contributed by atoms with van der Waals surface area (Å²) in [5.74, 6) is -4.12. The van der Waals surface area contributed by atoms with Crippen LogP contribution < -0.4 is 0 Å². The number of carbonyl (C=O) groups excluding carboxylic acids is 4. The predicted octanol–water partition coefficient (Wildman–Crippen LogP) is 4.07. The Hall–Kier alpha value is -3.32. The first kappa shape index (κ1) is 38.9. The molecule has 1 unspecified atom stereocenters. The van der Waals surface area contributed by atoms with Crippen LogP contribution in [0.25, 0.3) is 0 Å². The minimum atomic E-state index is -2.15. The van der Waals surface area contributed by atoms with Gasteiger partial charge in [-0.1, -0.05) is 39.0 Å². The molecular formula is C39H54O12. The largest absolute Gasteiger partial charge is 0.461 e. The lowest BCUT2D eigenvalue weighted by molar-refractivity contribution is -0.366. The number of esters is 4. The molecule has 12 nitrogen and oxygen atoms in total. The van der Waals surface area contributed by atoms with Crippen LogP contribution in [-0.4, -0.2) is 93.6 Å². The summed E-state index contributed by atoms with van der Waals surface area (Å²) in [7, 11) is 0. The quantitative estimate of drug-likeness (QED) is 0.227. The number of aliphatic hydroxyl groups is 3. The second-order valence-electron chi connectivity index (χ2n) is 17.7. The highest BCUT2D eigenvalue weighted by Crippen LogP contribution is 2.65. The smallest absolute Gasteiger partial charge is 0.338 e. The molecule has 3 N–H and O–H groups in total. The Morgan fingerprint density at radius 1 is 0.882 bits per heavy atom. The normalized spacial score (nSPS) is 37.3. The van der Waals surface area contributed by atoms with Crippen molar-refractivity contribution in [3.8, 4) is 0 Å². The van der Waals surface area contributed by atoms with Crippen molar-refractivity contribution in [1.82, 2.24) is 0 Å². The van der Waals surface area contributed by atoms with Gasteiger partial charge >= 0.3 is 23.9 Å². The molecule has 282 valence electrons. The number of fused-ring (bicyclic) bond motifs is 5. The van der Waals surface area contributed by atoms with Crippen molar-refractivity contribution in [2.75, 3.05) is 6.61 Å². The first-order valence-electron chi connectivity index (χ1n) is 17.6. The van der Waals surface area contributed by atoms with Crippen molar-refractivity contribution in [3.05, 3.63) is 47.0 Å². The standard InChI is InChI=1S/C39H54O12/c1-20-23(41)18-39(46)30(50-31(43)22-15-13-12-14-16-22)28-37(11,29(42)27(26(20)36(39,9)10)49-33(45)35(6,7)8)24(48-32(44)34(3,4)5)17-25-38(28,19-47-25)51-21(2)40/h12-16,23-25,27-30,41-42,46H,17-19H2,1-11H3/t23-,24-,25+,27+,28?,29-,30-,37+,38-,39+/m0/s1. The summed E-state index contributed by atoms with van der Waals surface area (Å²) < 4.78 is 31.1. The van der Waals surface area contributed by atoms with Gasteiger partial charge in [0.2, 0.25) is 0 Å². The van der Waals surface area contributed by atoms with E-state index >= 15 is 0 Å². The second-order valence-corrected chi connectivity index (χ2v) is 17.7. The molecule has 2 bridgehead atoms. The van der Waals surface area contributed by atoms with E-state index < -0.39 is 99.3 Å². The molecule has 4 aliphatic rings. The SMILES string of the molecule is CC(=O)O[C@@]12CO[C@@H]1C[C@H](OC(=O)C(C)(C)C)[C@]1(C)C2[C@H](OC(=O)c2ccccc2)[C@]2(O)C[C@H](O)C(C)=C([C@@H](OC(=O)C(C)(C)C)[C@@H]1O)C2(C)C. The molecule has 3 fully saturated rings. The average molecular weight is 715 g/mol. The molecule has 12 heteroatoms. The number of ether oxygens (including phenoxy) is 5. The van der Waals surface area contributed by atoms with Crippen LogP contribution in [-0.2, 0) is 38.1 Å². The number of hydrogen-bond donors (Lipinski definition) is 3. The van der Waals surface area contributed by atoms with Gasteiger partial charge in [0.25, 0.3) is 0 Å². The maximum Gasteiger partial charge on any atom is 0.338 e. The maximum absolute atomic E-state index is 14.1. The molecule has 1 aromatic carbocycles. The van der Waals surface area contributed by atoms with Crippen molar-refractivity contribution >= 4 is 23.9 Å². The predicted molar refractivity (Wildman–Crippen MR) is 183 cm³/mol. The zero-order chi connectivity index (χ0) is 38.3. The van der Waals surface area contributed by atoms with Crippen LogP contribution in [0, 0.1) is 27.6 Å². The highest BCUT2D eigenvalue weighted by molar-refractivity contribution is 5.89. The Labute approximate surface area is 299 Å². The van der Waals surface area contributed by atoms with Gasteiger partial charge in [0.1, 0.15) is 30.0 Å². The first-order valence-corrected chi connectivity index (χ1v) is 17.6. The molecule has 51 heavy (non-hydrogen) atoms. The summed E-state index contributed by atoms with van der Waals surface area (Å²) in [5, 5.41) is 38.0. The van der Waals surface area contributed by atoms with Crippen LogP contribution >= 0.6 is 0 Å². The molecule has 5 rings (SSSR count). The number of aliphatic hydroxyl groups excluding tert-OH is 2. The summed E-state index contributed by atoms with van der Waals surface area (Å²) in [6, 6.07) is 8.14. The van der Waals surface area contributed by atoms with E-state index in [1.54, 1.807) is 99.6 Å². The molecule has 0 spiro atoms. The van der Waals surface area contributed by atoms with Crippen molar-refractivity contribution in [2.24, 2.45) is 27.6 Å². The highest BCUT2D eigenvalue weighted by Gasteiger charge is 2.78. The zero-order valence-electron chi connectivity index (χ0n) is 31.6. The van der Waals surface area contributed by atoms with Crippen molar-refractivity contribution in [1.29, 1.82) is 0 Å². The van der Waals surface area contributed by atoms with Crippen LogP contribution in [0.15, 0.2) is 41.5 Å². The fraction of sp³-hybridized carbons (Fsp3) is 0.692. The third-order valence-electron chi connectivity index (χ3n) is 11.8. The second kappa shape index (κ2) is 12.7. The monoisotopic (exact) mass is 714 g/mol. The van der Waals surface area contributed by atoms with E-state index in [0.29, 0.717) is 5.57 Å². The van der Waals surface area contributed by atoms with Gasteiger partial charge in [0.15, 0.2) is 11.7 Å². The lowest BCUT2D eigenvalue weighted by Gasteiger charge is -2.69. The van der Waals surface area contributed by atoms with Gasteiger partial charge in [-0.25, -0.2) is 4.79 Å². The van der Waals surface area contributed by atoms with Crippen molar-refractivity contribution in [3.63, 3.8) is 0 Å². The Morgan fingerprint density at radius 3 is 1.96 bits per heavy atom. The number of hydrogen-bond acceptors (Lipinski definition) is 12. The number of benzene rings is 1. The summed E-state index contributed by atoms with van der Waals surface area (Å²) in [6.45, 7) is 17.7. The molecule has 3 aliphatic carbocycles. The van der Waals surface area contributed by atoms with Crippen LogP contribution in [0.5, 0.6) is 0 Å². The Morgan fingerprint density at radius 2 is 1.45 bits per heavy atom. The van der Waals surface area contributed by atoms with Gasteiger partial charge in [-0.05, 0) is 71.7 Å². The average Bonchev–Trinajstić information content (AvgIpc) is 3.01. The lowest BCUT2D eigenvalue weighted by Crippen LogP contribution is -2.82. The van der Waals surface area contributed by atoms with Gasteiger partial charge < -0.3 is 39.0 Å². The fourth-order valence-corrected chi connectivity index (χ4v) is 8.72. The third-order valence-corrected chi connectivity index (χ3v) is 11.8.